The molecule has 0 fully saturated rings. The number of carbonyl (C=O) groups excluding carboxylic acids is 1. The van der Waals surface area contributed by atoms with Crippen molar-refractivity contribution in [3.8, 4) is 0 Å². The Labute approximate surface area is 91.8 Å². The zero-order chi connectivity index (χ0) is 11.5. The van der Waals surface area contributed by atoms with Crippen LogP contribution in [0.25, 0.3) is 0 Å². The normalized spacial score (nSPS) is 27.7. The number of aliphatic hydroxyl groups excluding tert-OH is 1. The van der Waals surface area contributed by atoms with Gasteiger partial charge in [0.2, 0.25) is 0 Å². The van der Waals surface area contributed by atoms with Gasteiger partial charge in [-0.25, -0.2) is 4.99 Å². The molecule has 8 nitrogen and oxygen atoms in total. The van der Waals surface area contributed by atoms with Gasteiger partial charge in [0, 0.05) is 0 Å². The number of hydrogen-bond donors (Lipinski definition) is 3. The van der Waals surface area contributed by atoms with E-state index < -0.39 is 12.2 Å². The van der Waals surface area contributed by atoms with Crippen LogP contribution in [-0.4, -0.2) is 60.4 Å². The first-order chi connectivity index (χ1) is 7.72. The molecule has 0 aromatic rings. The molecular formula is C8H13N5O3. The molecule has 0 saturated heterocycles. The van der Waals surface area contributed by atoms with Gasteiger partial charge in [-0.3, -0.25) is 15.1 Å². The predicted molar refractivity (Wildman–Crippen MR) is 55.6 cm³/mol. The van der Waals surface area contributed by atoms with Crippen molar-refractivity contribution in [2.45, 2.75) is 12.2 Å². The molecule has 0 aliphatic carbocycles. The molecule has 0 saturated carbocycles. The lowest BCUT2D eigenvalue weighted by Crippen LogP contribution is -2.54. The second-order valence-electron chi connectivity index (χ2n) is 3.40. The molecule has 0 radical (unpaired) electrons. The van der Waals surface area contributed by atoms with Crippen LogP contribution in [0.5, 0.6) is 0 Å². The molecule has 0 unspecified atom stereocenters. The lowest BCUT2D eigenvalue weighted by Gasteiger charge is -2.27. The van der Waals surface area contributed by atoms with E-state index in [4.69, 9.17) is 15.6 Å². The molecule has 2 atom stereocenters. The fourth-order valence-electron chi connectivity index (χ4n) is 1.55. The summed E-state index contributed by atoms with van der Waals surface area (Å²) in [6.07, 6.45) is 1.07. The Morgan fingerprint density at radius 2 is 2.50 bits per heavy atom. The standard InChI is InChI=1S/C8H13N5O3/c9-8-11-6-5(7(15)12-8)10-3-13(6)4-16-2-1-14/h3,5-6,14H,1-2,4H2,(H3,9,11,12,15)/t5-,6+/m0/s1. The summed E-state index contributed by atoms with van der Waals surface area (Å²) in [4.78, 5) is 21.2. The fraction of sp³-hybridized carbons (Fsp3) is 0.625. The first-order valence-electron chi connectivity index (χ1n) is 4.84. The van der Waals surface area contributed by atoms with E-state index in [0.29, 0.717) is 0 Å². The van der Waals surface area contributed by atoms with Crippen molar-refractivity contribution in [1.29, 1.82) is 0 Å². The van der Waals surface area contributed by atoms with Crippen molar-refractivity contribution < 1.29 is 14.6 Å². The molecule has 16 heavy (non-hydrogen) atoms. The van der Waals surface area contributed by atoms with Gasteiger partial charge >= 0.3 is 0 Å². The van der Waals surface area contributed by atoms with E-state index in [1.165, 1.54) is 6.34 Å². The Hall–Kier alpha value is -1.67. The van der Waals surface area contributed by atoms with Crippen LogP contribution in [0.3, 0.4) is 0 Å². The van der Waals surface area contributed by atoms with Gasteiger partial charge in [-0.1, -0.05) is 0 Å². The highest BCUT2D eigenvalue weighted by atomic mass is 16.5. The lowest BCUT2D eigenvalue weighted by atomic mass is 10.2. The van der Waals surface area contributed by atoms with Crippen LogP contribution < -0.4 is 11.1 Å². The van der Waals surface area contributed by atoms with Crippen LogP contribution in [-0.2, 0) is 9.53 Å². The first-order valence-corrected chi connectivity index (χ1v) is 4.84. The van der Waals surface area contributed by atoms with E-state index in [9.17, 15) is 4.79 Å². The predicted octanol–water partition coefficient (Wildman–Crippen LogP) is -2.56. The third-order valence-electron chi connectivity index (χ3n) is 2.27. The van der Waals surface area contributed by atoms with Crippen LogP contribution >= 0.6 is 0 Å². The fourth-order valence-corrected chi connectivity index (χ4v) is 1.55. The minimum atomic E-state index is -0.565. The third kappa shape index (κ3) is 1.97. The number of ether oxygens (including phenoxy) is 1. The number of fused-ring (bicyclic) bond motifs is 1. The quantitative estimate of drug-likeness (QED) is 0.457. The van der Waals surface area contributed by atoms with Crippen LogP contribution in [0, 0.1) is 0 Å². The molecule has 2 aliphatic rings. The summed E-state index contributed by atoms with van der Waals surface area (Å²) in [5.41, 5.74) is 5.45. The molecular weight excluding hydrogens is 214 g/mol. The van der Waals surface area contributed by atoms with Crippen molar-refractivity contribution in [2.75, 3.05) is 19.9 Å². The Bertz CT molecular complexity index is 343. The van der Waals surface area contributed by atoms with Crippen LogP contribution in [0.4, 0.5) is 0 Å². The smallest absolute Gasteiger partial charge is 0.255 e. The minimum absolute atomic E-state index is 0.0506. The summed E-state index contributed by atoms with van der Waals surface area (Å²) < 4.78 is 5.13. The number of amides is 1. The summed E-state index contributed by atoms with van der Waals surface area (Å²) in [6.45, 7) is 0.396. The summed E-state index contributed by atoms with van der Waals surface area (Å²) in [6, 6.07) is -0.565. The summed E-state index contributed by atoms with van der Waals surface area (Å²) >= 11 is 0. The molecule has 8 heteroatoms. The SMILES string of the molecule is NC1=N[C@H]2[C@H](N=CN2COCCO)C(=O)N1. The Balaban J connectivity index is 2.00. The Morgan fingerprint density at radius 1 is 1.69 bits per heavy atom. The van der Waals surface area contributed by atoms with Gasteiger partial charge in [0.25, 0.3) is 5.91 Å². The highest BCUT2D eigenvalue weighted by Gasteiger charge is 2.39. The van der Waals surface area contributed by atoms with E-state index >= 15 is 0 Å². The number of nitrogens with one attached hydrogen (secondary N) is 1. The molecule has 1 amide bonds. The molecule has 2 aliphatic heterocycles. The van der Waals surface area contributed by atoms with Crippen molar-refractivity contribution in [2.24, 2.45) is 15.7 Å². The number of nitrogens with two attached hydrogens (primary N) is 1. The summed E-state index contributed by atoms with van der Waals surface area (Å²) in [5.74, 6) is -0.178. The van der Waals surface area contributed by atoms with E-state index in [1.54, 1.807) is 4.90 Å². The van der Waals surface area contributed by atoms with Gasteiger partial charge in [-0.05, 0) is 0 Å². The van der Waals surface area contributed by atoms with Crippen molar-refractivity contribution in [3.05, 3.63) is 0 Å². The number of hydrogen-bond acceptors (Lipinski definition) is 7. The number of carbonyl (C=O) groups is 1. The van der Waals surface area contributed by atoms with Gasteiger partial charge in [0.05, 0.1) is 19.6 Å². The first kappa shape index (κ1) is 10.8. The van der Waals surface area contributed by atoms with Crippen molar-refractivity contribution in [1.82, 2.24) is 10.2 Å². The van der Waals surface area contributed by atoms with Crippen molar-refractivity contribution >= 4 is 18.2 Å². The highest BCUT2D eigenvalue weighted by molar-refractivity contribution is 6.02. The van der Waals surface area contributed by atoms with E-state index in [2.05, 4.69) is 15.3 Å². The highest BCUT2D eigenvalue weighted by Crippen LogP contribution is 2.17. The summed E-state index contributed by atoms with van der Waals surface area (Å²) in [5, 5.41) is 11.0. The van der Waals surface area contributed by atoms with Gasteiger partial charge < -0.3 is 20.5 Å². The zero-order valence-corrected chi connectivity index (χ0v) is 8.54. The zero-order valence-electron chi connectivity index (χ0n) is 8.54. The maximum atomic E-state index is 11.5. The largest absolute Gasteiger partial charge is 0.394 e. The lowest BCUT2D eigenvalue weighted by molar-refractivity contribution is -0.122. The average molecular weight is 227 g/mol. The van der Waals surface area contributed by atoms with Crippen LogP contribution in [0.2, 0.25) is 0 Å². The van der Waals surface area contributed by atoms with Gasteiger partial charge in [0.1, 0.15) is 6.73 Å². The minimum Gasteiger partial charge on any atom is -0.394 e. The van der Waals surface area contributed by atoms with Crippen LogP contribution in [0.15, 0.2) is 9.98 Å². The molecule has 4 N–H and O–H groups in total. The van der Waals surface area contributed by atoms with Crippen molar-refractivity contribution in [3.63, 3.8) is 0 Å². The number of guanidine groups is 1. The van der Waals surface area contributed by atoms with E-state index in [0.717, 1.165) is 0 Å². The third-order valence-corrected chi connectivity index (χ3v) is 2.27. The number of nitrogens with zero attached hydrogens (tertiary/aromatic N) is 3. The molecule has 88 valence electrons. The molecule has 2 heterocycles. The van der Waals surface area contributed by atoms with E-state index in [-0.39, 0.29) is 31.8 Å². The monoisotopic (exact) mass is 227 g/mol. The summed E-state index contributed by atoms with van der Waals surface area (Å²) in [7, 11) is 0. The van der Waals surface area contributed by atoms with E-state index in [1.807, 2.05) is 0 Å². The Kier molecular flexibility index (Phi) is 3.02. The second-order valence-corrected chi connectivity index (χ2v) is 3.40. The molecule has 0 spiro atoms. The van der Waals surface area contributed by atoms with Crippen LogP contribution in [0.1, 0.15) is 0 Å². The second kappa shape index (κ2) is 4.45. The maximum Gasteiger partial charge on any atom is 0.255 e. The van der Waals surface area contributed by atoms with Gasteiger partial charge in [0.15, 0.2) is 18.2 Å². The molecule has 0 aromatic carbocycles. The number of aliphatic imine (C=N–C) groups is 2. The topological polar surface area (TPSA) is 113 Å². The number of rotatable bonds is 4. The molecule has 2 rings (SSSR count). The molecule has 0 bridgehead atoms. The van der Waals surface area contributed by atoms with Gasteiger partial charge in [-0.2, -0.15) is 0 Å². The Morgan fingerprint density at radius 3 is 3.25 bits per heavy atom. The maximum absolute atomic E-state index is 11.5. The molecule has 0 aromatic heterocycles. The average Bonchev–Trinajstić information content (AvgIpc) is 2.62. The van der Waals surface area contributed by atoms with Gasteiger partial charge in [-0.15, -0.1) is 0 Å². The number of aliphatic hydroxyl groups is 1.